The van der Waals surface area contributed by atoms with Crippen molar-refractivity contribution in [1.82, 2.24) is 15.1 Å². The Labute approximate surface area is 198 Å². The number of methoxy groups -OCH3 is 4. The quantitative estimate of drug-likeness (QED) is 0.527. The molecule has 0 atom stereocenters. The van der Waals surface area contributed by atoms with Crippen molar-refractivity contribution in [1.29, 1.82) is 0 Å². The number of aromatic nitrogens is 2. The smallest absolute Gasteiger partial charge is 0.253 e. The van der Waals surface area contributed by atoms with E-state index in [1.807, 2.05) is 29.2 Å². The first kappa shape index (κ1) is 23.2. The molecule has 9 nitrogen and oxygen atoms in total. The van der Waals surface area contributed by atoms with E-state index in [1.165, 1.54) is 0 Å². The number of amides is 1. The predicted octanol–water partition coefficient (Wildman–Crippen LogP) is 3.14. The van der Waals surface area contributed by atoms with Crippen LogP contribution in [0.15, 0.2) is 48.5 Å². The monoisotopic (exact) mass is 464 g/mol. The molecule has 0 spiro atoms. The van der Waals surface area contributed by atoms with Crippen molar-refractivity contribution < 1.29 is 23.7 Å². The van der Waals surface area contributed by atoms with Crippen LogP contribution in [0.25, 0.3) is 11.3 Å². The topological polar surface area (TPSA) is 86.3 Å². The highest BCUT2D eigenvalue weighted by Gasteiger charge is 2.23. The minimum atomic E-state index is 0.0196. The Kier molecular flexibility index (Phi) is 7.01. The van der Waals surface area contributed by atoms with Gasteiger partial charge in [0.15, 0.2) is 17.3 Å². The van der Waals surface area contributed by atoms with E-state index in [-0.39, 0.29) is 5.91 Å². The van der Waals surface area contributed by atoms with Crippen molar-refractivity contribution in [2.75, 3.05) is 59.5 Å². The number of anilines is 1. The molecule has 0 unspecified atom stereocenters. The number of carbonyl (C=O) groups excluding carboxylic acids is 1. The summed E-state index contributed by atoms with van der Waals surface area (Å²) < 4.78 is 21.4. The highest BCUT2D eigenvalue weighted by atomic mass is 16.5. The van der Waals surface area contributed by atoms with Crippen molar-refractivity contribution in [3.05, 3.63) is 54.1 Å². The average Bonchev–Trinajstić information content (AvgIpc) is 2.92. The summed E-state index contributed by atoms with van der Waals surface area (Å²) in [5.74, 6) is 3.16. The van der Waals surface area contributed by atoms with Gasteiger partial charge in [0.1, 0.15) is 5.75 Å². The first-order valence-corrected chi connectivity index (χ1v) is 10.9. The molecule has 34 heavy (non-hydrogen) atoms. The van der Waals surface area contributed by atoms with Crippen LogP contribution in [-0.4, -0.2) is 75.6 Å². The van der Waals surface area contributed by atoms with Crippen molar-refractivity contribution in [2.24, 2.45) is 0 Å². The highest BCUT2D eigenvalue weighted by Crippen LogP contribution is 2.40. The van der Waals surface area contributed by atoms with Gasteiger partial charge >= 0.3 is 0 Å². The lowest BCUT2D eigenvalue weighted by atomic mass is 10.1. The van der Waals surface area contributed by atoms with E-state index in [0.29, 0.717) is 54.7 Å². The maximum Gasteiger partial charge on any atom is 0.253 e. The van der Waals surface area contributed by atoms with Crippen LogP contribution in [0.1, 0.15) is 10.4 Å². The van der Waals surface area contributed by atoms with Crippen LogP contribution in [0, 0.1) is 0 Å². The van der Waals surface area contributed by atoms with E-state index in [4.69, 9.17) is 18.9 Å². The molecule has 4 rings (SSSR count). The summed E-state index contributed by atoms with van der Waals surface area (Å²) in [7, 11) is 6.33. The van der Waals surface area contributed by atoms with Gasteiger partial charge in [0, 0.05) is 37.3 Å². The summed E-state index contributed by atoms with van der Waals surface area (Å²) in [5, 5.41) is 8.84. The molecule has 1 aliphatic rings. The number of nitrogens with zero attached hydrogens (tertiary/aromatic N) is 4. The number of rotatable bonds is 7. The molecular formula is C25H28N4O5. The molecule has 0 saturated carbocycles. The van der Waals surface area contributed by atoms with Crippen LogP contribution in [0.5, 0.6) is 23.0 Å². The summed E-state index contributed by atoms with van der Waals surface area (Å²) in [6, 6.07) is 14.7. The van der Waals surface area contributed by atoms with Gasteiger partial charge in [-0.15, -0.1) is 10.2 Å². The van der Waals surface area contributed by atoms with E-state index in [9.17, 15) is 4.79 Å². The first-order chi connectivity index (χ1) is 16.6. The van der Waals surface area contributed by atoms with Crippen LogP contribution in [-0.2, 0) is 0 Å². The van der Waals surface area contributed by atoms with E-state index in [1.54, 1.807) is 52.7 Å². The first-order valence-electron chi connectivity index (χ1n) is 10.9. The normalized spacial score (nSPS) is 13.4. The molecule has 1 aliphatic heterocycles. The standard InChI is InChI=1S/C25H28N4O5/c1-31-19-7-5-17(6-8-19)25(30)29-13-11-28(12-14-29)23-10-9-20(26-27-23)18-15-21(32-2)24(34-4)22(16-18)33-3/h5-10,15-16H,11-14H2,1-4H3. The maximum atomic E-state index is 12.8. The van der Waals surface area contributed by atoms with Crippen molar-refractivity contribution in [2.45, 2.75) is 0 Å². The van der Waals surface area contributed by atoms with Crippen LogP contribution in [0.2, 0.25) is 0 Å². The Bertz CT molecular complexity index is 1100. The molecule has 0 N–H and O–H groups in total. The summed E-state index contributed by atoms with van der Waals surface area (Å²) in [6.07, 6.45) is 0. The molecule has 2 heterocycles. The average molecular weight is 465 g/mol. The van der Waals surface area contributed by atoms with Crippen LogP contribution in [0.4, 0.5) is 5.82 Å². The van der Waals surface area contributed by atoms with E-state index < -0.39 is 0 Å². The molecule has 0 bridgehead atoms. The van der Waals surface area contributed by atoms with Crippen LogP contribution in [0.3, 0.4) is 0 Å². The number of carbonyl (C=O) groups is 1. The molecule has 3 aromatic rings. The fourth-order valence-electron chi connectivity index (χ4n) is 3.93. The van der Waals surface area contributed by atoms with E-state index in [0.717, 1.165) is 17.1 Å². The minimum absolute atomic E-state index is 0.0196. The molecule has 9 heteroatoms. The van der Waals surface area contributed by atoms with Gasteiger partial charge in [0.25, 0.3) is 5.91 Å². The Balaban J connectivity index is 1.43. The zero-order chi connectivity index (χ0) is 24.1. The summed E-state index contributed by atoms with van der Waals surface area (Å²) >= 11 is 0. The third-order valence-electron chi connectivity index (χ3n) is 5.84. The third-order valence-corrected chi connectivity index (χ3v) is 5.84. The summed E-state index contributed by atoms with van der Waals surface area (Å²) in [4.78, 5) is 16.8. The van der Waals surface area contributed by atoms with Gasteiger partial charge in [0.2, 0.25) is 5.75 Å². The fraction of sp³-hybridized carbons (Fsp3) is 0.320. The van der Waals surface area contributed by atoms with Crippen molar-refractivity contribution >= 4 is 11.7 Å². The molecule has 0 aliphatic carbocycles. The molecule has 1 amide bonds. The molecule has 2 aromatic carbocycles. The number of ether oxygens (including phenoxy) is 4. The lowest BCUT2D eigenvalue weighted by molar-refractivity contribution is 0.0746. The summed E-state index contributed by atoms with van der Waals surface area (Å²) in [5.41, 5.74) is 2.16. The van der Waals surface area contributed by atoms with E-state index >= 15 is 0 Å². The Morgan fingerprint density at radius 2 is 1.41 bits per heavy atom. The zero-order valence-corrected chi connectivity index (χ0v) is 19.8. The maximum absolute atomic E-state index is 12.8. The lowest BCUT2D eigenvalue weighted by Crippen LogP contribution is -2.49. The second kappa shape index (κ2) is 10.3. The highest BCUT2D eigenvalue weighted by molar-refractivity contribution is 5.94. The van der Waals surface area contributed by atoms with Gasteiger partial charge in [-0.05, 0) is 48.5 Å². The number of benzene rings is 2. The van der Waals surface area contributed by atoms with Gasteiger partial charge in [0.05, 0.1) is 34.1 Å². The number of piperazine rings is 1. The number of hydrogen-bond donors (Lipinski definition) is 0. The minimum Gasteiger partial charge on any atom is -0.497 e. The van der Waals surface area contributed by atoms with Crippen LogP contribution >= 0.6 is 0 Å². The molecule has 178 valence electrons. The Morgan fingerprint density at radius 3 is 1.91 bits per heavy atom. The second-order valence-electron chi connectivity index (χ2n) is 7.70. The van der Waals surface area contributed by atoms with E-state index in [2.05, 4.69) is 15.1 Å². The largest absolute Gasteiger partial charge is 0.497 e. The van der Waals surface area contributed by atoms with Gasteiger partial charge in [-0.1, -0.05) is 0 Å². The molecule has 1 fully saturated rings. The van der Waals surface area contributed by atoms with Gasteiger partial charge in [-0.3, -0.25) is 4.79 Å². The predicted molar refractivity (Wildman–Crippen MR) is 128 cm³/mol. The zero-order valence-electron chi connectivity index (χ0n) is 19.8. The Morgan fingerprint density at radius 1 is 0.765 bits per heavy atom. The fourth-order valence-corrected chi connectivity index (χ4v) is 3.93. The Hall–Kier alpha value is -4.01. The van der Waals surface area contributed by atoms with Gasteiger partial charge in [-0.2, -0.15) is 0 Å². The van der Waals surface area contributed by atoms with Gasteiger partial charge in [-0.25, -0.2) is 0 Å². The summed E-state index contributed by atoms with van der Waals surface area (Å²) in [6.45, 7) is 2.59. The molecular weight excluding hydrogens is 436 g/mol. The van der Waals surface area contributed by atoms with Crippen LogP contribution < -0.4 is 23.8 Å². The molecule has 1 aromatic heterocycles. The molecule has 0 radical (unpaired) electrons. The SMILES string of the molecule is COc1ccc(C(=O)N2CCN(c3ccc(-c4cc(OC)c(OC)c(OC)c4)nn3)CC2)cc1. The van der Waals surface area contributed by atoms with Crippen molar-refractivity contribution in [3.8, 4) is 34.3 Å². The third kappa shape index (κ3) is 4.68. The lowest BCUT2D eigenvalue weighted by Gasteiger charge is -2.35. The molecule has 1 saturated heterocycles. The van der Waals surface area contributed by atoms with Gasteiger partial charge < -0.3 is 28.7 Å². The number of hydrogen-bond acceptors (Lipinski definition) is 8. The van der Waals surface area contributed by atoms with Crippen molar-refractivity contribution in [3.63, 3.8) is 0 Å². The second-order valence-corrected chi connectivity index (χ2v) is 7.70.